The zero-order valence-electron chi connectivity index (χ0n) is 13.6. The zero-order chi connectivity index (χ0) is 17.2. The summed E-state index contributed by atoms with van der Waals surface area (Å²) in [5.74, 6) is 2.92. The van der Waals surface area contributed by atoms with Crippen LogP contribution in [0.25, 0.3) is 0 Å². The van der Waals surface area contributed by atoms with E-state index >= 15 is 0 Å². The summed E-state index contributed by atoms with van der Waals surface area (Å²) in [5, 5.41) is 14.3. The zero-order valence-corrected chi connectivity index (χ0v) is 14.4. The minimum atomic E-state index is -0.124. The van der Waals surface area contributed by atoms with Crippen LogP contribution in [0, 0.1) is 6.92 Å². The third-order valence-electron chi connectivity index (χ3n) is 4.04. The van der Waals surface area contributed by atoms with Gasteiger partial charge in [0.05, 0.1) is 11.8 Å². The molecule has 25 heavy (non-hydrogen) atoms. The molecule has 0 unspecified atom stereocenters. The highest BCUT2D eigenvalue weighted by molar-refractivity contribution is 7.98. The molecule has 0 saturated carbocycles. The first-order valence-corrected chi connectivity index (χ1v) is 8.96. The SMILES string of the molecule is Cc1nc([C@H]2CCCN2C(=O)c2ccc(CSc3ncn[nH]3)o2)n[nH]1. The number of nitrogens with zero attached hydrogens (tertiary/aromatic N) is 5. The fourth-order valence-corrected chi connectivity index (χ4v) is 3.58. The van der Waals surface area contributed by atoms with Crippen molar-refractivity contribution < 1.29 is 9.21 Å². The predicted octanol–water partition coefficient (Wildman–Crippen LogP) is 2.09. The van der Waals surface area contributed by atoms with Gasteiger partial charge in [-0.3, -0.25) is 15.0 Å². The Kier molecular flexibility index (Phi) is 4.26. The molecule has 1 aliphatic heterocycles. The van der Waals surface area contributed by atoms with Gasteiger partial charge in [-0.1, -0.05) is 11.8 Å². The van der Waals surface area contributed by atoms with Crippen molar-refractivity contribution in [3.8, 4) is 0 Å². The first-order chi connectivity index (χ1) is 12.2. The highest BCUT2D eigenvalue weighted by atomic mass is 32.2. The van der Waals surface area contributed by atoms with E-state index in [0.29, 0.717) is 34.8 Å². The van der Waals surface area contributed by atoms with Gasteiger partial charge in [-0.2, -0.15) is 10.2 Å². The number of aryl methyl sites for hydroxylation is 1. The highest BCUT2D eigenvalue weighted by Crippen LogP contribution is 2.31. The molecule has 2 N–H and O–H groups in total. The van der Waals surface area contributed by atoms with E-state index in [4.69, 9.17) is 4.42 Å². The number of hydrogen-bond acceptors (Lipinski definition) is 7. The van der Waals surface area contributed by atoms with E-state index in [-0.39, 0.29) is 11.9 Å². The average molecular weight is 359 g/mol. The van der Waals surface area contributed by atoms with Gasteiger partial charge in [0.2, 0.25) is 0 Å². The van der Waals surface area contributed by atoms with Crippen molar-refractivity contribution in [3.05, 3.63) is 41.6 Å². The molecule has 1 saturated heterocycles. The maximum atomic E-state index is 12.8. The van der Waals surface area contributed by atoms with Crippen LogP contribution in [0.3, 0.4) is 0 Å². The molecule has 0 aromatic carbocycles. The number of thioether (sulfide) groups is 1. The quantitative estimate of drug-likeness (QED) is 0.670. The van der Waals surface area contributed by atoms with E-state index in [1.165, 1.54) is 18.1 Å². The topological polar surface area (TPSA) is 117 Å². The molecule has 1 fully saturated rings. The smallest absolute Gasteiger partial charge is 0.290 e. The number of furan rings is 1. The first kappa shape index (κ1) is 15.9. The average Bonchev–Trinajstić information content (AvgIpc) is 3.37. The third-order valence-corrected chi connectivity index (χ3v) is 4.94. The Bertz CT molecular complexity index is 857. The van der Waals surface area contributed by atoms with E-state index < -0.39 is 0 Å². The Labute approximate surface area is 147 Å². The lowest BCUT2D eigenvalue weighted by molar-refractivity contribution is 0.0696. The maximum absolute atomic E-state index is 12.8. The molecule has 4 rings (SSSR count). The lowest BCUT2D eigenvalue weighted by Crippen LogP contribution is -2.30. The molecule has 0 radical (unpaired) electrons. The summed E-state index contributed by atoms with van der Waals surface area (Å²) >= 11 is 1.47. The van der Waals surface area contributed by atoms with Gasteiger partial charge < -0.3 is 9.32 Å². The minimum absolute atomic E-state index is 0.102. The van der Waals surface area contributed by atoms with Crippen molar-refractivity contribution in [2.24, 2.45) is 0 Å². The summed E-state index contributed by atoms with van der Waals surface area (Å²) in [4.78, 5) is 23.0. The van der Waals surface area contributed by atoms with Gasteiger partial charge in [0.15, 0.2) is 16.7 Å². The molecule has 9 nitrogen and oxygen atoms in total. The molecule has 1 atom stereocenters. The Morgan fingerprint density at radius 2 is 2.36 bits per heavy atom. The van der Waals surface area contributed by atoms with Crippen LogP contribution in [0.15, 0.2) is 28.0 Å². The van der Waals surface area contributed by atoms with Crippen LogP contribution in [0.4, 0.5) is 0 Å². The van der Waals surface area contributed by atoms with Crippen molar-refractivity contribution in [1.82, 2.24) is 35.3 Å². The summed E-state index contributed by atoms with van der Waals surface area (Å²) in [6.45, 7) is 2.53. The Balaban J connectivity index is 1.45. The fraction of sp³-hybridized carbons (Fsp3) is 0.400. The standard InChI is InChI=1S/C15H17N7O2S/c1-9-18-13(20-19-9)11-3-2-6-22(11)14(23)12-5-4-10(24-12)7-25-15-16-8-17-21-15/h4-5,8,11H,2-3,6-7H2,1H3,(H,16,17,21)(H,18,19,20)/t11-/m1/s1. The van der Waals surface area contributed by atoms with E-state index in [1.54, 1.807) is 11.0 Å². The van der Waals surface area contributed by atoms with Crippen molar-refractivity contribution >= 4 is 17.7 Å². The Hall–Kier alpha value is -2.62. The lowest BCUT2D eigenvalue weighted by Gasteiger charge is -2.21. The van der Waals surface area contributed by atoms with E-state index in [9.17, 15) is 4.79 Å². The number of rotatable bonds is 5. The first-order valence-electron chi connectivity index (χ1n) is 7.97. The van der Waals surface area contributed by atoms with E-state index in [2.05, 4.69) is 30.4 Å². The third kappa shape index (κ3) is 3.29. The summed E-state index contributed by atoms with van der Waals surface area (Å²) in [6.07, 6.45) is 3.24. The van der Waals surface area contributed by atoms with Gasteiger partial charge in [-0.15, -0.1) is 0 Å². The van der Waals surface area contributed by atoms with Crippen molar-refractivity contribution in [2.45, 2.75) is 36.7 Å². The number of aromatic amines is 2. The minimum Gasteiger partial charge on any atom is -0.455 e. The molecule has 0 aliphatic carbocycles. The second-order valence-corrected chi connectivity index (χ2v) is 6.74. The van der Waals surface area contributed by atoms with Gasteiger partial charge in [0.1, 0.15) is 17.9 Å². The molecule has 0 spiro atoms. The number of aromatic nitrogens is 6. The van der Waals surface area contributed by atoms with Gasteiger partial charge >= 0.3 is 0 Å². The van der Waals surface area contributed by atoms with E-state index in [0.717, 1.165) is 18.7 Å². The van der Waals surface area contributed by atoms with Gasteiger partial charge in [-0.05, 0) is 31.9 Å². The van der Waals surface area contributed by atoms with E-state index in [1.807, 2.05) is 13.0 Å². The van der Waals surface area contributed by atoms with Crippen LogP contribution in [0.5, 0.6) is 0 Å². The number of hydrogen-bond donors (Lipinski definition) is 2. The molecule has 3 aromatic heterocycles. The largest absolute Gasteiger partial charge is 0.455 e. The highest BCUT2D eigenvalue weighted by Gasteiger charge is 2.34. The molecule has 130 valence electrons. The van der Waals surface area contributed by atoms with Crippen molar-refractivity contribution in [1.29, 1.82) is 0 Å². The molecule has 3 aromatic rings. The summed E-state index contributed by atoms with van der Waals surface area (Å²) in [6, 6.07) is 3.44. The number of H-pyrrole nitrogens is 2. The van der Waals surface area contributed by atoms with Gasteiger partial charge in [0.25, 0.3) is 5.91 Å². The predicted molar refractivity (Wildman–Crippen MR) is 88.8 cm³/mol. The van der Waals surface area contributed by atoms with Crippen LogP contribution in [0.2, 0.25) is 0 Å². The molecule has 1 amide bonds. The Morgan fingerprint density at radius 1 is 1.44 bits per heavy atom. The van der Waals surface area contributed by atoms with Crippen LogP contribution < -0.4 is 0 Å². The van der Waals surface area contributed by atoms with Crippen LogP contribution in [-0.4, -0.2) is 47.7 Å². The Morgan fingerprint density at radius 3 is 3.12 bits per heavy atom. The van der Waals surface area contributed by atoms with Crippen LogP contribution in [0.1, 0.15) is 46.8 Å². The number of amides is 1. The maximum Gasteiger partial charge on any atom is 0.290 e. The van der Waals surface area contributed by atoms with Crippen LogP contribution >= 0.6 is 11.8 Å². The summed E-state index contributed by atoms with van der Waals surface area (Å²) < 4.78 is 5.72. The van der Waals surface area contributed by atoms with Crippen molar-refractivity contribution in [3.63, 3.8) is 0 Å². The molecule has 4 heterocycles. The number of carbonyl (C=O) groups is 1. The molecule has 10 heteroatoms. The summed E-state index contributed by atoms with van der Waals surface area (Å²) in [5.41, 5.74) is 0. The molecular formula is C15H17N7O2S. The second kappa shape index (κ2) is 6.71. The fourth-order valence-electron chi connectivity index (χ4n) is 2.90. The second-order valence-electron chi connectivity index (χ2n) is 5.78. The number of carbonyl (C=O) groups excluding carboxylic acids is 1. The lowest BCUT2D eigenvalue weighted by atomic mass is 10.2. The van der Waals surface area contributed by atoms with Gasteiger partial charge in [-0.25, -0.2) is 9.97 Å². The molecular weight excluding hydrogens is 342 g/mol. The normalized spacial score (nSPS) is 17.3. The molecule has 1 aliphatic rings. The summed E-state index contributed by atoms with van der Waals surface area (Å²) in [7, 11) is 0. The van der Waals surface area contributed by atoms with Crippen molar-refractivity contribution in [2.75, 3.05) is 6.54 Å². The number of likely N-dealkylation sites (tertiary alicyclic amines) is 1. The van der Waals surface area contributed by atoms with Crippen LogP contribution in [-0.2, 0) is 5.75 Å². The van der Waals surface area contributed by atoms with Gasteiger partial charge in [0, 0.05) is 6.54 Å². The monoisotopic (exact) mass is 359 g/mol. The molecule has 0 bridgehead atoms. The number of nitrogens with one attached hydrogen (secondary N) is 2.